The molecule has 0 atom stereocenters. The topological polar surface area (TPSA) is 26.3 Å². The molecule has 2 nitrogen and oxygen atoms in total. The maximum Gasteiger partial charge on any atom is 0.302 e. The van der Waals surface area contributed by atoms with Crippen molar-refractivity contribution in [3.63, 3.8) is 0 Å². The lowest BCUT2D eigenvalue weighted by atomic mass is 10.1. The fourth-order valence-electron chi connectivity index (χ4n) is 2.36. The minimum Gasteiger partial charge on any atom is -0.466 e. The Labute approximate surface area is 140 Å². The minimum atomic E-state index is -0.162. The van der Waals surface area contributed by atoms with E-state index in [9.17, 15) is 4.79 Å². The van der Waals surface area contributed by atoms with Crippen molar-refractivity contribution in [2.24, 2.45) is 0 Å². The van der Waals surface area contributed by atoms with Gasteiger partial charge in [-0.15, -0.1) is 11.8 Å². The zero-order valence-corrected chi connectivity index (χ0v) is 14.7. The number of carbonyl (C=O) groups is 1. The van der Waals surface area contributed by atoms with Gasteiger partial charge in [0.1, 0.15) is 0 Å². The fraction of sp³-hybridized carbons (Fsp3) is 0.632. The molecular weight excluding hydrogens is 292 g/mol. The number of unbranched alkanes of at least 4 members (excludes halogenated alkanes) is 8. The van der Waals surface area contributed by atoms with Crippen LogP contribution in [0.2, 0.25) is 0 Å². The quantitative estimate of drug-likeness (QED) is 0.259. The van der Waals surface area contributed by atoms with Gasteiger partial charge in [0.25, 0.3) is 0 Å². The van der Waals surface area contributed by atoms with Crippen LogP contribution in [0.4, 0.5) is 0 Å². The molecule has 0 saturated carbocycles. The molecule has 1 aromatic rings. The maximum absolute atomic E-state index is 10.6. The summed E-state index contributed by atoms with van der Waals surface area (Å²) >= 11 is 1.97. The van der Waals surface area contributed by atoms with Crippen LogP contribution in [-0.2, 0) is 9.53 Å². The molecule has 3 heteroatoms. The van der Waals surface area contributed by atoms with Crippen LogP contribution >= 0.6 is 11.8 Å². The summed E-state index contributed by atoms with van der Waals surface area (Å²) in [6, 6.07) is 10.7. The molecule has 22 heavy (non-hydrogen) atoms. The summed E-state index contributed by atoms with van der Waals surface area (Å²) in [5, 5.41) is 0. The van der Waals surface area contributed by atoms with Crippen LogP contribution in [0.25, 0.3) is 0 Å². The van der Waals surface area contributed by atoms with E-state index in [4.69, 9.17) is 4.74 Å². The van der Waals surface area contributed by atoms with Gasteiger partial charge in [0.2, 0.25) is 0 Å². The summed E-state index contributed by atoms with van der Waals surface area (Å²) < 4.78 is 4.92. The smallest absolute Gasteiger partial charge is 0.302 e. The van der Waals surface area contributed by atoms with Crippen molar-refractivity contribution in [3.8, 4) is 0 Å². The zero-order chi connectivity index (χ0) is 15.9. The molecule has 0 fully saturated rings. The molecular formula is C19H30O2S. The number of rotatable bonds is 13. The second-order valence-electron chi connectivity index (χ2n) is 5.68. The highest BCUT2D eigenvalue weighted by molar-refractivity contribution is 7.99. The fourth-order valence-corrected chi connectivity index (χ4v) is 3.30. The Morgan fingerprint density at radius 1 is 0.864 bits per heavy atom. The van der Waals surface area contributed by atoms with E-state index in [1.807, 2.05) is 11.8 Å². The van der Waals surface area contributed by atoms with Gasteiger partial charge in [-0.2, -0.15) is 0 Å². The van der Waals surface area contributed by atoms with E-state index >= 15 is 0 Å². The first-order valence-corrected chi connectivity index (χ1v) is 9.59. The molecule has 0 heterocycles. The molecule has 0 aliphatic rings. The van der Waals surface area contributed by atoms with Crippen LogP contribution in [0.15, 0.2) is 35.2 Å². The van der Waals surface area contributed by atoms with Crippen molar-refractivity contribution in [2.45, 2.75) is 69.6 Å². The first kappa shape index (κ1) is 19.1. The summed E-state index contributed by atoms with van der Waals surface area (Å²) in [7, 11) is 0. The Kier molecular flexibility index (Phi) is 11.9. The number of thioether (sulfide) groups is 1. The largest absolute Gasteiger partial charge is 0.466 e. The third kappa shape index (κ3) is 11.7. The minimum absolute atomic E-state index is 0.162. The van der Waals surface area contributed by atoms with Crippen LogP contribution in [0.5, 0.6) is 0 Å². The van der Waals surface area contributed by atoms with Gasteiger partial charge in [0.15, 0.2) is 0 Å². The lowest BCUT2D eigenvalue weighted by Gasteiger charge is -2.04. The Morgan fingerprint density at radius 2 is 1.41 bits per heavy atom. The second-order valence-corrected chi connectivity index (χ2v) is 6.85. The van der Waals surface area contributed by atoms with E-state index in [2.05, 4.69) is 30.3 Å². The zero-order valence-electron chi connectivity index (χ0n) is 13.9. The molecule has 0 bridgehead atoms. The van der Waals surface area contributed by atoms with Gasteiger partial charge < -0.3 is 4.74 Å². The summed E-state index contributed by atoms with van der Waals surface area (Å²) in [6.45, 7) is 2.06. The molecule has 0 radical (unpaired) electrons. The Bertz CT molecular complexity index is 378. The average molecular weight is 323 g/mol. The van der Waals surface area contributed by atoms with Crippen molar-refractivity contribution in [1.82, 2.24) is 0 Å². The Hall–Kier alpha value is -0.960. The predicted molar refractivity (Wildman–Crippen MR) is 95.4 cm³/mol. The van der Waals surface area contributed by atoms with Gasteiger partial charge in [-0.05, 0) is 30.7 Å². The predicted octanol–water partition coefficient (Wildman–Crippen LogP) is 5.85. The summed E-state index contributed by atoms with van der Waals surface area (Å²) in [6.07, 6.45) is 11.5. The molecule has 0 unspecified atom stereocenters. The molecule has 0 aliphatic carbocycles. The standard InChI is InChI=1S/C19H30O2S/c1-18(20)21-16-12-7-5-3-2-4-6-8-13-17-22-19-14-10-9-11-15-19/h9-11,14-15H,2-8,12-13,16-17H2,1H3. The van der Waals surface area contributed by atoms with Crippen LogP contribution in [0.3, 0.4) is 0 Å². The van der Waals surface area contributed by atoms with Gasteiger partial charge in [-0.3, -0.25) is 4.79 Å². The van der Waals surface area contributed by atoms with Gasteiger partial charge >= 0.3 is 5.97 Å². The molecule has 0 saturated heterocycles. The van der Waals surface area contributed by atoms with Crippen molar-refractivity contribution < 1.29 is 9.53 Å². The number of benzene rings is 1. The summed E-state index contributed by atoms with van der Waals surface area (Å²) in [5.41, 5.74) is 0. The van der Waals surface area contributed by atoms with Crippen LogP contribution in [0, 0.1) is 0 Å². The third-order valence-electron chi connectivity index (χ3n) is 3.61. The van der Waals surface area contributed by atoms with E-state index in [-0.39, 0.29) is 5.97 Å². The highest BCUT2D eigenvalue weighted by Gasteiger charge is 1.96. The average Bonchev–Trinajstić information content (AvgIpc) is 2.52. The molecule has 0 spiro atoms. The van der Waals surface area contributed by atoms with Crippen molar-refractivity contribution >= 4 is 17.7 Å². The SMILES string of the molecule is CC(=O)OCCCCCCCCCCCSc1ccccc1. The third-order valence-corrected chi connectivity index (χ3v) is 4.70. The van der Waals surface area contributed by atoms with E-state index in [0.717, 1.165) is 6.42 Å². The van der Waals surface area contributed by atoms with Gasteiger partial charge in [-0.1, -0.05) is 63.1 Å². The normalized spacial score (nSPS) is 10.6. The first-order valence-electron chi connectivity index (χ1n) is 8.60. The van der Waals surface area contributed by atoms with E-state index in [1.54, 1.807) is 0 Å². The van der Waals surface area contributed by atoms with E-state index in [0.29, 0.717) is 6.61 Å². The summed E-state index contributed by atoms with van der Waals surface area (Å²) in [5.74, 6) is 1.07. The van der Waals surface area contributed by atoms with Crippen LogP contribution < -0.4 is 0 Å². The molecule has 1 aromatic carbocycles. The van der Waals surface area contributed by atoms with Crippen molar-refractivity contribution in [3.05, 3.63) is 30.3 Å². The lowest BCUT2D eigenvalue weighted by Crippen LogP contribution is -2.00. The number of hydrogen-bond donors (Lipinski definition) is 0. The molecule has 0 N–H and O–H groups in total. The lowest BCUT2D eigenvalue weighted by molar-refractivity contribution is -0.141. The Morgan fingerprint density at radius 3 is 2.00 bits per heavy atom. The Balaban J connectivity index is 1.76. The van der Waals surface area contributed by atoms with Crippen molar-refractivity contribution in [1.29, 1.82) is 0 Å². The van der Waals surface area contributed by atoms with Gasteiger partial charge in [-0.25, -0.2) is 0 Å². The highest BCUT2D eigenvalue weighted by Crippen LogP contribution is 2.19. The van der Waals surface area contributed by atoms with Crippen LogP contribution in [0.1, 0.15) is 64.7 Å². The highest BCUT2D eigenvalue weighted by atomic mass is 32.2. The number of esters is 1. The molecule has 0 aliphatic heterocycles. The number of ether oxygens (including phenoxy) is 1. The van der Waals surface area contributed by atoms with E-state index < -0.39 is 0 Å². The maximum atomic E-state index is 10.6. The van der Waals surface area contributed by atoms with Crippen molar-refractivity contribution in [2.75, 3.05) is 12.4 Å². The molecule has 0 amide bonds. The number of hydrogen-bond acceptors (Lipinski definition) is 3. The van der Waals surface area contributed by atoms with Gasteiger partial charge in [0, 0.05) is 11.8 Å². The summed E-state index contributed by atoms with van der Waals surface area (Å²) in [4.78, 5) is 12.0. The molecule has 124 valence electrons. The van der Waals surface area contributed by atoms with Crippen LogP contribution in [-0.4, -0.2) is 18.3 Å². The van der Waals surface area contributed by atoms with E-state index in [1.165, 1.54) is 68.9 Å². The number of carbonyl (C=O) groups excluding carboxylic acids is 1. The first-order chi connectivity index (χ1) is 10.8. The van der Waals surface area contributed by atoms with Gasteiger partial charge in [0.05, 0.1) is 6.61 Å². The monoisotopic (exact) mass is 322 g/mol. The molecule has 0 aromatic heterocycles. The second kappa shape index (κ2) is 13.7. The molecule has 1 rings (SSSR count).